The third kappa shape index (κ3) is 3.39. The highest BCUT2D eigenvalue weighted by atomic mass is 79.9. The lowest BCUT2D eigenvalue weighted by Gasteiger charge is -2.13. The van der Waals surface area contributed by atoms with Gasteiger partial charge in [0.05, 0.1) is 0 Å². The highest BCUT2D eigenvalue weighted by molar-refractivity contribution is 9.10. The van der Waals surface area contributed by atoms with Gasteiger partial charge in [-0.1, -0.05) is 47.5 Å². The number of halogens is 1. The average molecular weight is 387 g/mol. The molecule has 24 heavy (non-hydrogen) atoms. The quantitative estimate of drug-likeness (QED) is 0.551. The Kier molecular flexibility index (Phi) is 5.05. The molecular formula is C20H19BrO3. The maximum absolute atomic E-state index is 11.9. The number of aryl methyl sites for hydroxylation is 2. The van der Waals surface area contributed by atoms with Gasteiger partial charge < -0.3 is 9.15 Å². The molecule has 0 saturated heterocycles. The van der Waals surface area contributed by atoms with Crippen LogP contribution in [0.1, 0.15) is 30.0 Å². The van der Waals surface area contributed by atoms with Crippen molar-refractivity contribution in [2.75, 3.05) is 0 Å². The molecule has 0 N–H and O–H groups in total. The summed E-state index contributed by atoms with van der Waals surface area (Å²) in [6, 6.07) is 13.5. The topological polar surface area (TPSA) is 39.4 Å². The van der Waals surface area contributed by atoms with Crippen molar-refractivity contribution in [2.45, 2.75) is 33.3 Å². The highest BCUT2D eigenvalue weighted by Crippen LogP contribution is 2.30. The molecule has 4 heteroatoms. The van der Waals surface area contributed by atoms with E-state index in [-0.39, 0.29) is 5.63 Å². The Morgan fingerprint density at radius 2 is 1.92 bits per heavy atom. The minimum Gasteiger partial charge on any atom is -0.488 e. The summed E-state index contributed by atoms with van der Waals surface area (Å²) in [5.74, 6) is 0.732. The van der Waals surface area contributed by atoms with Gasteiger partial charge in [0.25, 0.3) is 0 Å². The first-order valence-electron chi connectivity index (χ1n) is 8.02. The van der Waals surface area contributed by atoms with Crippen molar-refractivity contribution in [2.24, 2.45) is 0 Å². The normalized spacial score (nSPS) is 11.0. The molecule has 124 valence electrons. The predicted octanol–water partition coefficient (Wildman–Crippen LogP) is 5.40. The molecular weight excluding hydrogens is 368 g/mol. The first-order chi connectivity index (χ1) is 11.6. The van der Waals surface area contributed by atoms with Crippen LogP contribution in [0, 0.1) is 6.92 Å². The van der Waals surface area contributed by atoms with Crippen LogP contribution in [0.25, 0.3) is 11.0 Å². The molecule has 0 atom stereocenters. The molecule has 0 bridgehead atoms. The van der Waals surface area contributed by atoms with Crippen molar-refractivity contribution < 1.29 is 9.15 Å². The molecule has 3 aromatic rings. The van der Waals surface area contributed by atoms with Crippen molar-refractivity contribution in [3.05, 3.63) is 74.0 Å². The van der Waals surface area contributed by atoms with E-state index < -0.39 is 0 Å². The summed E-state index contributed by atoms with van der Waals surface area (Å²) in [6.07, 6.45) is 1.84. The van der Waals surface area contributed by atoms with Gasteiger partial charge in [-0.05, 0) is 37.1 Å². The summed E-state index contributed by atoms with van der Waals surface area (Å²) in [4.78, 5) is 11.9. The third-order valence-corrected chi connectivity index (χ3v) is 4.83. The minimum atomic E-state index is -0.308. The Hall–Kier alpha value is -2.07. The second-order valence-electron chi connectivity index (χ2n) is 5.79. The third-order valence-electron chi connectivity index (χ3n) is 4.06. The molecule has 1 aromatic heterocycles. The fraction of sp³-hybridized carbons (Fsp3) is 0.250. The van der Waals surface area contributed by atoms with Gasteiger partial charge in [-0.2, -0.15) is 0 Å². The standard InChI is InChI=1S/C20H19BrO3/c1-3-6-14-11-19(22)24-20-13(2)18(10-9-16(14)20)23-12-15-7-4-5-8-17(15)21/h4-5,7-11H,3,6,12H2,1-2H3. The monoisotopic (exact) mass is 386 g/mol. The van der Waals surface area contributed by atoms with E-state index in [2.05, 4.69) is 22.9 Å². The van der Waals surface area contributed by atoms with Crippen LogP contribution in [0.5, 0.6) is 5.75 Å². The molecule has 0 aliphatic carbocycles. The largest absolute Gasteiger partial charge is 0.488 e. The van der Waals surface area contributed by atoms with Gasteiger partial charge in [0.15, 0.2) is 0 Å². The molecule has 0 aliphatic rings. The second kappa shape index (κ2) is 7.22. The fourth-order valence-corrected chi connectivity index (χ4v) is 3.21. The predicted molar refractivity (Wildman–Crippen MR) is 99.7 cm³/mol. The van der Waals surface area contributed by atoms with Crippen LogP contribution in [0.2, 0.25) is 0 Å². The van der Waals surface area contributed by atoms with Crippen LogP contribution in [-0.4, -0.2) is 0 Å². The average Bonchev–Trinajstić information content (AvgIpc) is 2.56. The fourth-order valence-electron chi connectivity index (χ4n) is 2.81. The van der Waals surface area contributed by atoms with E-state index in [0.717, 1.165) is 45.1 Å². The van der Waals surface area contributed by atoms with Crippen LogP contribution in [0.3, 0.4) is 0 Å². The molecule has 3 nitrogen and oxygen atoms in total. The number of rotatable bonds is 5. The summed E-state index contributed by atoms with van der Waals surface area (Å²) in [7, 11) is 0. The summed E-state index contributed by atoms with van der Waals surface area (Å²) in [6.45, 7) is 4.48. The molecule has 0 aliphatic heterocycles. The van der Waals surface area contributed by atoms with E-state index in [1.54, 1.807) is 6.07 Å². The van der Waals surface area contributed by atoms with Gasteiger partial charge in [-0.25, -0.2) is 4.79 Å². The zero-order valence-corrected chi connectivity index (χ0v) is 15.4. The molecule has 2 aromatic carbocycles. The first-order valence-corrected chi connectivity index (χ1v) is 8.82. The lowest BCUT2D eigenvalue weighted by atomic mass is 10.0. The second-order valence-corrected chi connectivity index (χ2v) is 6.64. The van der Waals surface area contributed by atoms with E-state index in [9.17, 15) is 4.79 Å². The maximum Gasteiger partial charge on any atom is 0.336 e. The van der Waals surface area contributed by atoms with Gasteiger partial charge in [-0.3, -0.25) is 0 Å². The van der Waals surface area contributed by atoms with E-state index in [0.29, 0.717) is 12.2 Å². The Bertz CT molecular complexity index is 928. The number of ether oxygens (including phenoxy) is 1. The lowest BCUT2D eigenvalue weighted by molar-refractivity contribution is 0.303. The molecule has 0 spiro atoms. The highest BCUT2D eigenvalue weighted by Gasteiger charge is 2.12. The van der Waals surface area contributed by atoms with Crippen LogP contribution < -0.4 is 10.4 Å². The first kappa shape index (κ1) is 16.8. The van der Waals surface area contributed by atoms with Crippen LogP contribution in [0.15, 0.2) is 56.1 Å². The van der Waals surface area contributed by atoms with Gasteiger partial charge in [0.1, 0.15) is 17.9 Å². The van der Waals surface area contributed by atoms with E-state index in [4.69, 9.17) is 9.15 Å². The van der Waals surface area contributed by atoms with Gasteiger partial charge in [0.2, 0.25) is 0 Å². The van der Waals surface area contributed by atoms with Gasteiger partial charge >= 0.3 is 5.63 Å². The van der Waals surface area contributed by atoms with Crippen molar-refractivity contribution >= 4 is 26.9 Å². The zero-order chi connectivity index (χ0) is 17.1. The summed E-state index contributed by atoms with van der Waals surface area (Å²) >= 11 is 3.52. The Morgan fingerprint density at radius 3 is 2.67 bits per heavy atom. The maximum atomic E-state index is 11.9. The smallest absolute Gasteiger partial charge is 0.336 e. The van der Waals surface area contributed by atoms with E-state index in [1.807, 2.05) is 43.3 Å². The van der Waals surface area contributed by atoms with Crippen LogP contribution >= 0.6 is 15.9 Å². The number of benzene rings is 2. The molecule has 3 rings (SSSR count). The number of hydrogen-bond donors (Lipinski definition) is 0. The molecule has 0 amide bonds. The molecule has 0 radical (unpaired) electrons. The molecule has 0 unspecified atom stereocenters. The lowest BCUT2D eigenvalue weighted by Crippen LogP contribution is -2.03. The molecule has 0 fully saturated rings. The Labute approximate surface area is 149 Å². The summed E-state index contributed by atoms with van der Waals surface area (Å²) < 4.78 is 12.4. The van der Waals surface area contributed by atoms with Crippen molar-refractivity contribution in [1.29, 1.82) is 0 Å². The number of hydrogen-bond acceptors (Lipinski definition) is 3. The summed E-state index contributed by atoms with van der Waals surface area (Å²) in [5, 5.41) is 0.988. The minimum absolute atomic E-state index is 0.308. The molecule has 0 saturated carbocycles. The van der Waals surface area contributed by atoms with Crippen molar-refractivity contribution in [3.8, 4) is 5.75 Å². The van der Waals surface area contributed by atoms with E-state index in [1.165, 1.54) is 0 Å². The summed E-state index contributed by atoms with van der Waals surface area (Å²) in [5.41, 5.74) is 3.27. The van der Waals surface area contributed by atoms with E-state index >= 15 is 0 Å². The Balaban J connectivity index is 1.97. The van der Waals surface area contributed by atoms with Gasteiger partial charge in [0, 0.05) is 27.1 Å². The van der Waals surface area contributed by atoms with Crippen LogP contribution in [0.4, 0.5) is 0 Å². The Morgan fingerprint density at radius 1 is 1.12 bits per heavy atom. The zero-order valence-electron chi connectivity index (χ0n) is 13.8. The van der Waals surface area contributed by atoms with Crippen LogP contribution in [-0.2, 0) is 13.0 Å². The molecule has 1 heterocycles. The number of fused-ring (bicyclic) bond motifs is 1. The van der Waals surface area contributed by atoms with Crippen molar-refractivity contribution in [3.63, 3.8) is 0 Å². The van der Waals surface area contributed by atoms with Crippen molar-refractivity contribution in [1.82, 2.24) is 0 Å². The van der Waals surface area contributed by atoms with Gasteiger partial charge in [-0.15, -0.1) is 0 Å². The SMILES string of the molecule is CCCc1cc(=O)oc2c(C)c(OCc3ccccc3Br)ccc12.